The van der Waals surface area contributed by atoms with Gasteiger partial charge in [-0.25, -0.2) is 9.78 Å². The highest BCUT2D eigenvalue weighted by atomic mass is 16.5. The van der Waals surface area contributed by atoms with Crippen LogP contribution >= 0.6 is 0 Å². The van der Waals surface area contributed by atoms with E-state index in [1.54, 1.807) is 36.0 Å². The molecule has 0 spiro atoms. The van der Waals surface area contributed by atoms with E-state index in [4.69, 9.17) is 4.74 Å². The molecule has 6 heteroatoms. The van der Waals surface area contributed by atoms with E-state index in [0.717, 1.165) is 11.1 Å². The number of rotatable bonds is 3. The molecule has 21 heavy (non-hydrogen) atoms. The molecular weight excluding hydrogens is 268 g/mol. The van der Waals surface area contributed by atoms with Gasteiger partial charge in [0.15, 0.2) is 0 Å². The summed E-state index contributed by atoms with van der Waals surface area (Å²) in [6.07, 6.45) is 6.82. The van der Waals surface area contributed by atoms with Gasteiger partial charge in [0.25, 0.3) is 0 Å². The molecular formula is C15H12N4O2. The Hall–Kier alpha value is -3.07. The Morgan fingerprint density at radius 1 is 1.57 bits per heavy atom. The SMILES string of the molecule is CCOC(=O)c1cn2ccc(-c3ncc[nH]3)c2cc1C#N. The lowest BCUT2D eigenvalue weighted by atomic mass is 10.1. The molecule has 0 saturated carbocycles. The van der Waals surface area contributed by atoms with Crippen LogP contribution in [0.2, 0.25) is 0 Å². The third-order valence-corrected chi connectivity index (χ3v) is 3.16. The van der Waals surface area contributed by atoms with E-state index in [1.807, 2.05) is 18.3 Å². The molecule has 0 amide bonds. The van der Waals surface area contributed by atoms with Gasteiger partial charge < -0.3 is 14.1 Å². The first-order valence-corrected chi connectivity index (χ1v) is 6.46. The Balaban J connectivity index is 2.19. The van der Waals surface area contributed by atoms with Gasteiger partial charge in [0, 0.05) is 30.4 Å². The van der Waals surface area contributed by atoms with Crippen molar-refractivity contribution in [1.82, 2.24) is 14.4 Å². The average Bonchev–Trinajstić information content (AvgIpc) is 3.14. The third kappa shape index (κ3) is 2.15. The normalized spacial score (nSPS) is 10.5. The quantitative estimate of drug-likeness (QED) is 0.746. The van der Waals surface area contributed by atoms with Gasteiger partial charge >= 0.3 is 5.97 Å². The molecule has 0 aliphatic carbocycles. The molecule has 0 saturated heterocycles. The van der Waals surface area contributed by atoms with Crippen LogP contribution in [-0.4, -0.2) is 26.9 Å². The number of imidazole rings is 1. The van der Waals surface area contributed by atoms with E-state index < -0.39 is 5.97 Å². The molecule has 0 unspecified atom stereocenters. The van der Waals surface area contributed by atoms with Crippen molar-refractivity contribution in [2.45, 2.75) is 6.92 Å². The van der Waals surface area contributed by atoms with Crippen LogP contribution in [0.5, 0.6) is 0 Å². The van der Waals surface area contributed by atoms with E-state index in [2.05, 4.69) is 9.97 Å². The number of esters is 1. The summed E-state index contributed by atoms with van der Waals surface area (Å²) in [4.78, 5) is 19.1. The molecule has 6 nitrogen and oxygen atoms in total. The van der Waals surface area contributed by atoms with Crippen molar-refractivity contribution in [3.8, 4) is 17.5 Å². The Bertz CT molecular complexity index is 841. The highest BCUT2D eigenvalue weighted by Crippen LogP contribution is 2.25. The van der Waals surface area contributed by atoms with Gasteiger partial charge in [0.1, 0.15) is 11.9 Å². The summed E-state index contributed by atoms with van der Waals surface area (Å²) in [7, 11) is 0. The van der Waals surface area contributed by atoms with Crippen molar-refractivity contribution < 1.29 is 9.53 Å². The molecule has 3 rings (SSSR count). The molecule has 104 valence electrons. The van der Waals surface area contributed by atoms with E-state index in [9.17, 15) is 10.1 Å². The number of nitrogens with one attached hydrogen (secondary N) is 1. The number of pyridine rings is 1. The summed E-state index contributed by atoms with van der Waals surface area (Å²) in [6, 6.07) is 5.59. The monoisotopic (exact) mass is 280 g/mol. The number of hydrogen-bond donors (Lipinski definition) is 1. The first kappa shape index (κ1) is 12.9. The zero-order valence-corrected chi connectivity index (χ0v) is 11.3. The number of aromatic nitrogens is 3. The van der Waals surface area contributed by atoms with E-state index in [-0.39, 0.29) is 17.7 Å². The minimum absolute atomic E-state index is 0.258. The first-order valence-electron chi connectivity index (χ1n) is 6.46. The standard InChI is InChI=1S/C15H12N4O2/c1-2-21-15(20)12-9-19-6-3-11(14-17-4-5-18-14)13(19)7-10(12)8-16/h3-7,9H,2H2,1H3,(H,17,18). The van der Waals surface area contributed by atoms with Crippen LogP contribution in [0.1, 0.15) is 22.8 Å². The van der Waals surface area contributed by atoms with Gasteiger partial charge in [-0.2, -0.15) is 5.26 Å². The zero-order chi connectivity index (χ0) is 14.8. The van der Waals surface area contributed by atoms with Crippen LogP contribution in [0, 0.1) is 11.3 Å². The van der Waals surface area contributed by atoms with Crippen molar-refractivity contribution in [3.63, 3.8) is 0 Å². The summed E-state index contributed by atoms with van der Waals surface area (Å²) in [5.41, 5.74) is 2.21. The third-order valence-electron chi connectivity index (χ3n) is 3.16. The highest BCUT2D eigenvalue weighted by Gasteiger charge is 2.16. The van der Waals surface area contributed by atoms with Crippen LogP contribution in [0.25, 0.3) is 16.9 Å². The summed E-state index contributed by atoms with van der Waals surface area (Å²) in [5.74, 6) is 0.217. The number of carbonyl (C=O) groups excluding carboxylic acids is 1. The van der Waals surface area contributed by atoms with E-state index in [1.165, 1.54) is 0 Å². The summed E-state index contributed by atoms with van der Waals surface area (Å²) < 4.78 is 6.76. The smallest absolute Gasteiger partial charge is 0.340 e. The number of aromatic amines is 1. The van der Waals surface area contributed by atoms with Gasteiger partial charge in [-0.1, -0.05) is 0 Å². The van der Waals surface area contributed by atoms with Crippen LogP contribution in [0.4, 0.5) is 0 Å². The van der Waals surface area contributed by atoms with Crippen LogP contribution in [0.3, 0.4) is 0 Å². The summed E-state index contributed by atoms with van der Waals surface area (Å²) >= 11 is 0. The molecule has 0 aliphatic rings. The number of fused-ring (bicyclic) bond motifs is 1. The number of hydrogen-bond acceptors (Lipinski definition) is 4. The second-order valence-electron chi connectivity index (χ2n) is 4.39. The Morgan fingerprint density at radius 3 is 3.10 bits per heavy atom. The fourth-order valence-electron chi connectivity index (χ4n) is 2.22. The number of nitrogens with zero attached hydrogens (tertiary/aromatic N) is 3. The topological polar surface area (TPSA) is 83.2 Å². The molecule has 3 heterocycles. The lowest BCUT2D eigenvalue weighted by Gasteiger charge is -2.06. The molecule has 0 bridgehead atoms. The predicted octanol–water partition coefficient (Wildman–Crippen LogP) is 2.38. The molecule has 0 atom stereocenters. The van der Waals surface area contributed by atoms with Crippen LogP contribution in [0.15, 0.2) is 36.9 Å². The lowest BCUT2D eigenvalue weighted by molar-refractivity contribution is 0.0525. The van der Waals surface area contributed by atoms with Gasteiger partial charge in [0.05, 0.1) is 23.3 Å². The minimum Gasteiger partial charge on any atom is -0.462 e. The van der Waals surface area contributed by atoms with Gasteiger partial charge in [-0.3, -0.25) is 0 Å². The second kappa shape index (κ2) is 5.13. The molecule has 0 fully saturated rings. The highest BCUT2D eigenvalue weighted by molar-refractivity contribution is 5.93. The number of nitriles is 1. The van der Waals surface area contributed by atoms with Crippen molar-refractivity contribution in [3.05, 3.63) is 48.0 Å². The van der Waals surface area contributed by atoms with Gasteiger partial charge in [0.2, 0.25) is 0 Å². The Kier molecular flexibility index (Phi) is 3.16. The van der Waals surface area contributed by atoms with E-state index in [0.29, 0.717) is 5.82 Å². The van der Waals surface area contributed by atoms with Crippen molar-refractivity contribution in [2.75, 3.05) is 6.61 Å². The first-order chi connectivity index (χ1) is 10.2. The average molecular weight is 280 g/mol. The number of H-pyrrole nitrogens is 1. The fourth-order valence-corrected chi connectivity index (χ4v) is 2.22. The maximum atomic E-state index is 11.9. The fraction of sp³-hybridized carbons (Fsp3) is 0.133. The Labute approximate surface area is 120 Å². The molecule has 3 aromatic heterocycles. The van der Waals surface area contributed by atoms with Gasteiger partial charge in [-0.05, 0) is 19.1 Å². The lowest BCUT2D eigenvalue weighted by Crippen LogP contribution is -2.08. The molecule has 3 aromatic rings. The van der Waals surface area contributed by atoms with Crippen LogP contribution < -0.4 is 0 Å². The number of ether oxygens (including phenoxy) is 1. The summed E-state index contributed by atoms with van der Waals surface area (Å²) in [6.45, 7) is 2.00. The van der Waals surface area contributed by atoms with E-state index >= 15 is 0 Å². The van der Waals surface area contributed by atoms with Crippen molar-refractivity contribution in [2.24, 2.45) is 0 Å². The zero-order valence-electron chi connectivity index (χ0n) is 11.3. The molecule has 0 radical (unpaired) electrons. The maximum absolute atomic E-state index is 11.9. The Morgan fingerprint density at radius 2 is 2.43 bits per heavy atom. The minimum atomic E-state index is -0.496. The number of carbonyl (C=O) groups is 1. The van der Waals surface area contributed by atoms with Crippen molar-refractivity contribution in [1.29, 1.82) is 5.26 Å². The summed E-state index contributed by atoms with van der Waals surface area (Å²) in [5, 5.41) is 9.26. The second-order valence-corrected chi connectivity index (χ2v) is 4.39. The molecule has 0 aromatic carbocycles. The van der Waals surface area contributed by atoms with Gasteiger partial charge in [-0.15, -0.1) is 0 Å². The maximum Gasteiger partial charge on any atom is 0.340 e. The van der Waals surface area contributed by atoms with Crippen LogP contribution in [-0.2, 0) is 4.74 Å². The van der Waals surface area contributed by atoms with Crippen molar-refractivity contribution >= 4 is 11.5 Å². The molecule has 0 aliphatic heterocycles. The molecule has 1 N–H and O–H groups in total. The largest absolute Gasteiger partial charge is 0.462 e. The predicted molar refractivity (Wildman–Crippen MR) is 75.7 cm³/mol.